The Morgan fingerprint density at radius 2 is 1.88 bits per heavy atom. The topological polar surface area (TPSA) is 96.9 Å². The van der Waals surface area contributed by atoms with Gasteiger partial charge in [-0.05, 0) is 57.2 Å². The highest BCUT2D eigenvalue weighted by Crippen LogP contribution is 2.29. The first-order valence-corrected chi connectivity index (χ1v) is 14.5. The van der Waals surface area contributed by atoms with E-state index in [0.717, 1.165) is 16.8 Å². The molecule has 2 unspecified atom stereocenters. The van der Waals surface area contributed by atoms with Crippen LogP contribution in [0.4, 0.5) is 16.3 Å². The molecule has 1 aromatic heterocycles. The quantitative estimate of drug-likeness (QED) is 0.285. The Balaban J connectivity index is 1.49. The number of amides is 2. The van der Waals surface area contributed by atoms with Crippen LogP contribution in [0.3, 0.4) is 0 Å². The molecule has 1 aliphatic rings. The summed E-state index contributed by atoms with van der Waals surface area (Å²) in [4.78, 5) is 38.8. The van der Waals surface area contributed by atoms with Crippen molar-refractivity contribution in [3.63, 3.8) is 0 Å². The zero-order valence-corrected chi connectivity index (χ0v) is 24.7. The molecule has 1 N–H and O–H groups in total. The van der Waals surface area contributed by atoms with Gasteiger partial charge in [0, 0.05) is 37.6 Å². The van der Waals surface area contributed by atoms with Crippen molar-refractivity contribution in [3.05, 3.63) is 77.5 Å². The molecule has 0 bridgehead atoms. The highest BCUT2D eigenvalue weighted by Gasteiger charge is 2.29. The number of rotatable bonds is 8. The summed E-state index contributed by atoms with van der Waals surface area (Å²) in [6.07, 6.45) is 1.99. The lowest BCUT2D eigenvalue weighted by molar-refractivity contribution is -0.0448. The monoisotopic (exact) mass is 563 g/mol. The number of carbonyl (C=O) groups is 2. The van der Waals surface area contributed by atoms with Crippen LogP contribution in [0, 0.1) is 0 Å². The average Bonchev–Trinajstić information content (AvgIpc) is 3.05. The summed E-state index contributed by atoms with van der Waals surface area (Å²) < 4.78 is 12.1. The average molecular weight is 564 g/mol. The van der Waals surface area contributed by atoms with E-state index in [1.54, 1.807) is 11.1 Å². The molecule has 2 heterocycles. The highest BCUT2D eigenvalue weighted by molar-refractivity contribution is 7.98. The second-order valence-corrected chi connectivity index (χ2v) is 11.5. The fraction of sp³-hybridized carbons (Fsp3) is 0.400. The molecule has 0 aliphatic carbocycles. The molecule has 2 atom stereocenters. The third-order valence-electron chi connectivity index (χ3n) is 6.43. The van der Waals surface area contributed by atoms with Crippen LogP contribution in [-0.2, 0) is 16.1 Å². The van der Waals surface area contributed by atoms with Gasteiger partial charge in [-0.3, -0.25) is 4.79 Å². The fourth-order valence-electron chi connectivity index (χ4n) is 4.40. The summed E-state index contributed by atoms with van der Waals surface area (Å²) in [6, 6.07) is 17.3. The van der Waals surface area contributed by atoms with Crippen LogP contribution in [0.25, 0.3) is 0 Å². The van der Waals surface area contributed by atoms with Crippen LogP contribution in [0.15, 0.2) is 66.0 Å². The van der Waals surface area contributed by atoms with Gasteiger partial charge in [0.15, 0.2) is 11.3 Å². The number of nitrogens with one attached hydrogen (secondary N) is 1. The predicted molar refractivity (Wildman–Crippen MR) is 158 cm³/mol. The van der Waals surface area contributed by atoms with Crippen molar-refractivity contribution < 1.29 is 19.1 Å². The molecule has 0 radical (unpaired) electrons. The Labute approximate surface area is 240 Å². The summed E-state index contributed by atoms with van der Waals surface area (Å²) in [7, 11) is 1.94. The number of alkyl carbamates (subject to hydrolysis) is 1. The molecule has 40 heavy (non-hydrogen) atoms. The summed E-state index contributed by atoms with van der Waals surface area (Å²) in [5, 5.41) is 3.48. The van der Waals surface area contributed by atoms with Crippen molar-refractivity contribution in [2.24, 2.45) is 0 Å². The summed E-state index contributed by atoms with van der Waals surface area (Å²) >= 11 is 1.45. The van der Waals surface area contributed by atoms with E-state index in [0.29, 0.717) is 29.6 Å². The van der Waals surface area contributed by atoms with Gasteiger partial charge in [-0.1, -0.05) is 54.2 Å². The SMILES string of the molecule is CSc1ncc2c(n1)N(C)CCN(c1cccc(COC(C)C(OC(=O)NC(C)(C)C)c3ccccc3)c1)C2=O. The molecule has 0 spiro atoms. The number of ether oxygens (including phenoxy) is 2. The number of likely N-dealkylation sites (N-methyl/N-ethyl adjacent to an activating group) is 1. The maximum absolute atomic E-state index is 13.5. The third kappa shape index (κ3) is 7.31. The van der Waals surface area contributed by atoms with E-state index in [1.807, 2.05) is 100 Å². The van der Waals surface area contributed by atoms with Crippen LogP contribution in [0.5, 0.6) is 0 Å². The lowest BCUT2D eigenvalue weighted by Gasteiger charge is -2.27. The normalized spacial score (nSPS) is 15.2. The summed E-state index contributed by atoms with van der Waals surface area (Å²) in [6.45, 7) is 9.01. The first-order valence-electron chi connectivity index (χ1n) is 13.2. The molecule has 3 aromatic rings. The maximum atomic E-state index is 13.5. The van der Waals surface area contributed by atoms with Crippen LogP contribution in [0.2, 0.25) is 0 Å². The van der Waals surface area contributed by atoms with Gasteiger partial charge in [0.1, 0.15) is 11.4 Å². The van der Waals surface area contributed by atoms with E-state index in [4.69, 9.17) is 9.47 Å². The number of benzene rings is 2. The molecule has 212 valence electrons. The lowest BCUT2D eigenvalue weighted by atomic mass is 10.1. The Kier molecular flexibility index (Phi) is 9.32. The first-order chi connectivity index (χ1) is 19.1. The number of hydrogen-bond donors (Lipinski definition) is 1. The Bertz CT molecular complexity index is 1330. The van der Waals surface area contributed by atoms with E-state index in [-0.39, 0.29) is 12.5 Å². The van der Waals surface area contributed by atoms with Gasteiger partial charge in [0.05, 0.1) is 12.7 Å². The van der Waals surface area contributed by atoms with Crippen molar-refractivity contribution in [1.82, 2.24) is 15.3 Å². The second-order valence-electron chi connectivity index (χ2n) is 10.8. The molecule has 2 aromatic carbocycles. The Hall–Kier alpha value is -3.63. The number of fused-ring (bicyclic) bond motifs is 1. The molecule has 4 rings (SSSR count). The number of aromatic nitrogens is 2. The second kappa shape index (κ2) is 12.7. The summed E-state index contributed by atoms with van der Waals surface area (Å²) in [5.41, 5.74) is 2.57. The molecule has 0 saturated carbocycles. The number of thioether (sulfide) groups is 1. The van der Waals surface area contributed by atoms with Crippen molar-refractivity contribution in [2.75, 3.05) is 36.2 Å². The maximum Gasteiger partial charge on any atom is 0.408 e. The Morgan fingerprint density at radius 3 is 2.58 bits per heavy atom. The first kappa shape index (κ1) is 29.4. The van der Waals surface area contributed by atoms with Gasteiger partial charge in [-0.15, -0.1) is 0 Å². The minimum absolute atomic E-state index is 0.138. The van der Waals surface area contributed by atoms with Gasteiger partial charge >= 0.3 is 6.09 Å². The van der Waals surface area contributed by atoms with E-state index in [1.165, 1.54) is 11.8 Å². The zero-order valence-electron chi connectivity index (χ0n) is 23.9. The van der Waals surface area contributed by atoms with E-state index in [2.05, 4.69) is 15.3 Å². The number of hydrogen-bond acceptors (Lipinski definition) is 8. The number of anilines is 2. The highest BCUT2D eigenvalue weighted by atomic mass is 32.2. The molecule has 2 amide bonds. The van der Waals surface area contributed by atoms with Gasteiger partial charge in [-0.25, -0.2) is 14.8 Å². The molecule has 0 fully saturated rings. The third-order valence-corrected chi connectivity index (χ3v) is 6.99. The van der Waals surface area contributed by atoms with Crippen molar-refractivity contribution >= 4 is 35.3 Å². The van der Waals surface area contributed by atoms with Crippen molar-refractivity contribution in [2.45, 2.75) is 57.2 Å². The molecule has 1 aliphatic heterocycles. The van der Waals surface area contributed by atoms with Crippen molar-refractivity contribution in [3.8, 4) is 0 Å². The molecule has 10 heteroatoms. The molecular weight excluding hydrogens is 526 g/mol. The van der Waals surface area contributed by atoms with Gasteiger partial charge < -0.3 is 24.6 Å². The smallest absolute Gasteiger partial charge is 0.408 e. The Morgan fingerprint density at radius 1 is 1.12 bits per heavy atom. The van der Waals surface area contributed by atoms with E-state index < -0.39 is 23.8 Å². The zero-order chi connectivity index (χ0) is 28.9. The number of nitrogens with zero attached hydrogens (tertiary/aromatic N) is 4. The molecule has 0 saturated heterocycles. The lowest BCUT2D eigenvalue weighted by Crippen LogP contribution is -2.42. The van der Waals surface area contributed by atoms with Crippen molar-refractivity contribution in [1.29, 1.82) is 0 Å². The largest absolute Gasteiger partial charge is 0.439 e. The fourth-order valence-corrected chi connectivity index (χ4v) is 4.74. The molecule has 9 nitrogen and oxygen atoms in total. The van der Waals surface area contributed by atoms with Gasteiger partial charge in [0.25, 0.3) is 5.91 Å². The number of carbonyl (C=O) groups excluding carboxylic acids is 2. The van der Waals surface area contributed by atoms with E-state index in [9.17, 15) is 9.59 Å². The van der Waals surface area contributed by atoms with Crippen LogP contribution >= 0.6 is 11.8 Å². The minimum Gasteiger partial charge on any atom is -0.439 e. The summed E-state index contributed by atoms with van der Waals surface area (Å²) in [5.74, 6) is 0.503. The minimum atomic E-state index is -0.600. The van der Waals surface area contributed by atoms with Crippen LogP contribution in [-0.4, -0.2) is 60.0 Å². The standard InChI is InChI=1S/C30H37N5O4S/c1-20(25(22-12-8-7-9-13-22)39-29(37)33-30(2,3)4)38-19-21-11-10-14-23(17-21)35-16-15-34(5)26-24(27(35)36)18-31-28(32-26)40-6/h7-14,17-18,20,25H,15-16,19H2,1-6H3,(H,33,37). The van der Waals surface area contributed by atoms with Gasteiger partial charge in [-0.2, -0.15) is 0 Å². The van der Waals surface area contributed by atoms with Crippen LogP contribution < -0.4 is 15.1 Å². The predicted octanol–water partition coefficient (Wildman–Crippen LogP) is 5.47. The van der Waals surface area contributed by atoms with E-state index >= 15 is 0 Å². The molecular formula is C30H37N5O4S. The van der Waals surface area contributed by atoms with Crippen LogP contribution in [0.1, 0.15) is 55.3 Å². The van der Waals surface area contributed by atoms with Gasteiger partial charge in [0.2, 0.25) is 0 Å².